The molecule has 1 amide bonds. The predicted octanol–water partition coefficient (Wildman–Crippen LogP) is 0.934. The second kappa shape index (κ2) is 6.06. The number of aromatic nitrogens is 1. The topological polar surface area (TPSA) is 81.1 Å². The molecule has 1 aromatic heterocycles. The van der Waals surface area contributed by atoms with Crippen LogP contribution in [0.3, 0.4) is 0 Å². The summed E-state index contributed by atoms with van der Waals surface area (Å²) in [6.07, 6.45) is 0. The zero-order chi connectivity index (χ0) is 11.3. The van der Waals surface area contributed by atoms with E-state index in [0.717, 1.165) is 0 Å². The Morgan fingerprint density at radius 2 is 2.53 bits per heavy atom. The average Bonchev–Trinajstić information content (AvgIpc) is 2.73. The van der Waals surface area contributed by atoms with Gasteiger partial charge in [0.05, 0.1) is 4.43 Å². The molecule has 84 valence electrons. The van der Waals surface area contributed by atoms with Crippen LogP contribution in [0.25, 0.3) is 0 Å². The van der Waals surface area contributed by atoms with Crippen molar-refractivity contribution in [3.8, 4) is 0 Å². The lowest BCUT2D eigenvalue weighted by molar-refractivity contribution is 0.0939. The highest BCUT2D eigenvalue weighted by Gasteiger charge is 2.12. The van der Waals surface area contributed by atoms with Gasteiger partial charge < -0.3 is 15.6 Å². The number of hydrogen-bond acceptors (Lipinski definition) is 4. The maximum Gasteiger partial charge on any atom is 0.273 e. The van der Waals surface area contributed by atoms with Gasteiger partial charge in [0, 0.05) is 12.6 Å². The van der Waals surface area contributed by atoms with E-state index in [1.165, 1.54) is 0 Å². The van der Waals surface area contributed by atoms with Crippen LogP contribution in [-0.4, -0.2) is 24.2 Å². The molecule has 0 aliphatic carbocycles. The van der Waals surface area contributed by atoms with Crippen molar-refractivity contribution in [1.82, 2.24) is 10.5 Å². The number of nitrogens with one attached hydrogen (secondary N) is 1. The molecule has 0 aliphatic rings. The summed E-state index contributed by atoms with van der Waals surface area (Å²) in [7, 11) is 0. The van der Waals surface area contributed by atoms with Crippen LogP contribution >= 0.6 is 22.6 Å². The van der Waals surface area contributed by atoms with Crippen molar-refractivity contribution in [3.63, 3.8) is 0 Å². The zero-order valence-electron chi connectivity index (χ0n) is 8.50. The fourth-order valence-electron chi connectivity index (χ4n) is 0.924. The van der Waals surface area contributed by atoms with Crippen LogP contribution in [-0.2, 0) is 4.43 Å². The van der Waals surface area contributed by atoms with E-state index in [0.29, 0.717) is 29.0 Å². The molecule has 0 saturated carbocycles. The van der Waals surface area contributed by atoms with Crippen LogP contribution in [0.4, 0.5) is 0 Å². The maximum absolute atomic E-state index is 11.5. The molecule has 0 fully saturated rings. The normalized spacial score (nSPS) is 12.5. The maximum atomic E-state index is 11.5. The van der Waals surface area contributed by atoms with Gasteiger partial charge in [-0.25, -0.2) is 0 Å². The molecule has 1 aromatic rings. The van der Waals surface area contributed by atoms with Crippen molar-refractivity contribution in [3.05, 3.63) is 17.5 Å². The fraction of sp³-hybridized carbons (Fsp3) is 0.556. The second-order valence-corrected chi connectivity index (χ2v) is 4.13. The van der Waals surface area contributed by atoms with E-state index in [4.69, 9.17) is 10.3 Å². The number of nitrogens with two attached hydrogens (primary N) is 1. The minimum absolute atomic E-state index is 0.213. The van der Waals surface area contributed by atoms with Gasteiger partial charge in [-0.3, -0.25) is 4.79 Å². The molecule has 0 spiro atoms. The van der Waals surface area contributed by atoms with E-state index in [2.05, 4.69) is 33.1 Å². The first-order valence-electron chi connectivity index (χ1n) is 4.67. The minimum atomic E-state index is -0.213. The van der Waals surface area contributed by atoms with Crippen LogP contribution in [0.15, 0.2) is 10.6 Å². The van der Waals surface area contributed by atoms with Crippen LogP contribution in [0.5, 0.6) is 0 Å². The molecule has 0 aliphatic heterocycles. The molecule has 15 heavy (non-hydrogen) atoms. The Hall–Kier alpha value is -0.630. The molecule has 0 saturated heterocycles. The molecular weight excluding hydrogens is 309 g/mol. The summed E-state index contributed by atoms with van der Waals surface area (Å²) in [6, 6.07) is 1.65. The largest absolute Gasteiger partial charge is 0.360 e. The number of halogens is 1. The van der Waals surface area contributed by atoms with Crippen molar-refractivity contribution in [2.24, 2.45) is 11.7 Å². The molecule has 0 aromatic carbocycles. The summed E-state index contributed by atoms with van der Waals surface area (Å²) in [5, 5.41) is 6.41. The van der Waals surface area contributed by atoms with Gasteiger partial charge in [-0.05, 0) is 12.5 Å². The molecule has 1 atom stereocenters. The summed E-state index contributed by atoms with van der Waals surface area (Å²) < 4.78 is 5.63. The number of hydrogen-bond donors (Lipinski definition) is 2. The second-order valence-electron chi connectivity index (χ2n) is 3.36. The van der Waals surface area contributed by atoms with Crippen molar-refractivity contribution in [2.45, 2.75) is 11.4 Å². The third-order valence-corrected chi connectivity index (χ3v) is 2.69. The lowest BCUT2D eigenvalue weighted by atomic mass is 10.2. The van der Waals surface area contributed by atoms with E-state index in [1.54, 1.807) is 6.07 Å². The van der Waals surface area contributed by atoms with Crippen molar-refractivity contribution in [1.29, 1.82) is 0 Å². The SMILES string of the molecule is CC(CN)CNC(=O)c1cc(CI)on1. The molecule has 1 unspecified atom stereocenters. The number of alkyl halides is 1. The minimum Gasteiger partial charge on any atom is -0.360 e. The highest BCUT2D eigenvalue weighted by atomic mass is 127. The van der Waals surface area contributed by atoms with Gasteiger partial charge in [0.15, 0.2) is 5.69 Å². The first kappa shape index (κ1) is 12.4. The quantitative estimate of drug-likeness (QED) is 0.624. The molecule has 1 rings (SSSR count). The molecule has 6 heteroatoms. The highest BCUT2D eigenvalue weighted by molar-refractivity contribution is 14.1. The summed E-state index contributed by atoms with van der Waals surface area (Å²) >= 11 is 2.15. The number of rotatable bonds is 5. The highest BCUT2D eigenvalue weighted by Crippen LogP contribution is 2.07. The Kier molecular flexibility index (Phi) is 5.03. The van der Waals surface area contributed by atoms with E-state index in [-0.39, 0.29) is 11.8 Å². The van der Waals surface area contributed by atoms with Crippen LogP contribution in [0.2, 0.25) is 0 Å². The number of nitrogens with zero attached hydrogens (tertiary/aromatic N) is 1. The van der Waals surface area contributed by atoms with Gasteiger partial charge in [0.1, 0.15) is 5.76 Å². The zero-order valence-corrected chi connectivity index (χ0v) is 10.7. The average molecular weight is 323 g/mol. The van der Waals surface area contributed by atoms with E-state index >= 15 is 0 Å². The monoisotopic (exact) mass is 323 g/mol. The molecule has 3 N–H and O–H groups in total. The Balaban J connectivity index is 2.46. The van der Waals surface area contributed by atoms with E-state index < -0.39 is 0 Å². The Morgan fingerprint density at radius 3 is 3.07 bits per heavy atom. The summed E-state index contributed by atoms with van der Waals surface area (Å²) in [4.78, 5) is 11.5. The fourth-order valence-corrected chi connectivity index (χ4v) is 1.28. The molecule has 5 nitrogen and oxygen atoms in total. The lowest BCUT2D eigenvalue weighted by Crippen LogP contribution is -2.31. The smallest absolute Gasteiger partial charge is 0.273 e. The Morgan fingerprint density at radius 1 is 1.80 bits per heavy atom. The van der Waals surface area contributed by atoms with Gasteiger partial charge >= 0.3 is 0 Å². The summed E-state index contributed by atoms with van der Waals surface area (Å²) in [5.74, 6) is 0.757. The van der Waals surface area contributed by atoms with Gasteiger partial charge in [-0.15, -0.1) is 0 Å². The standard InChI is InChI=1S/C9H14IN3O2/c1-6(4-11)5-12-9(14)8-2-7(3-10)15-13-8/h2,6H,3-5,11H2,1H3,(H,12,14). The third kappa shape index (κ3) is 3.78. The van der Waals surface area contributed by atoms with Crippen LogP contribution < -0.4 is 11.1 Å². The van der Waals surface area contributed by atoms with Gasteiger partial charge in [0.2, 0.25) is 0 Å². The lowest BCUT2D eigenvalue weighted by Gasteiger charge is -2.08. The van der Waals surface area contributed by atoms with Crippen molar-refractivity contribution >= 4 is 28.5 Å². The number of amides is 1. The molecular formula is C9H14IN3O2. The number of carbonyl (C=O) groups excluding carboxylic acids is 1. The van der Waals surface area contributed by atoms with E-state index in [9.17, 15) is 4.79 Å². The Labute approximate surface area is 102 Å². The molecule has 0 bridgehead atoms. The summed E-state index contributed by atoms with van der Waals surface area (Å²) in [5.41, 5.74) is 5.76. The first-order valence-corrected chi connectivity index (χ1v) is 6.19. The first-order chi connectivity index (χ1) is 7.17. The van der Waals surface area contributed by atoms with Gasteiger partial charge in [-0.2, -0.15) is 0 Å². The van der Waals surface area contributed by atoms with Crippen LogP contribution in [0.1, 0.15) is 23.2 Å². The van der Waals surface area contributed by atoms with Crippen molar-refractivity contribution < 1.29 is 9.32 Å². The van der Waals surface area contributed by atoms with Crippen LogP contribution in [0, 0.1) is 5.92 Å². The molecule has 0 radical (unpaired) electrons. The third-order valence-electron chi connectivity index (χ3n) is 1.94. The van der Waals surface area contributed by atoms with Gasteiger partial charge in [0.25, 0.3) is 5.91 Å². The predicted molar refractivity (Wildman–Crippen MR) is 64.8 cm³/mol. The number of carbonyl (C=O) groups is 1. The molecule has 1 heterocycles. The Bertz CT molecular complexity index is 327. The van der Waals surface area contributed by atoms with E-state index in [1.807, 2.05) is 6.92 Å². The van der Waals surface area contributed by atoms with Gasteiger partial charge in [-0.1, -0.05) is 34.7 Å². The summed E-state index contributed by atoms with van der Waals surface area (Å²) in [6.45, 7) is 3.08. The van der Waals surface area contributed by atoms with Crippen molar-refractivity contribution in [2.75, 3.05) is 13.1 Å².